The molecule has 0 aliphatic heterocycles. The Morgan fingerprint density at radius 2 is 1.70 bits per heavy atom. The summed E-state index contributed by atoms with van der Waals surface area (Å²) in [6.45, 7) is 0.459. The summed E-state index contributed by atoms with van der Waals surface area (Å²) in [5, 5.41) is 5.81. The van der Waals surface area contributed by atoms with Crippen molar-refractivity contribution in [1.29, 1.82) is 0 Å². The molecule has 0 aliphatic rings. The molecule has 0 atom stereocenters. The van der Waals surface area contributed by atoms with Crippen molar-refractivity contribution < 1.29 is 4.79 Å². The molecular formula is C17H15N5O. The van der Waals surface area contributed by atoms with E-state index in [1.165, 1.54) is 0 Å². The second kappa shape index (κ2) is 7.13. The number of hydrogen-bond donors (Lipinski definition) is 2. The molecule has 0 spiro atoms. The Labute approximate surface area is 133 Å². The van der Waals surface area contributed by atoms with Crippen LogP contribution in [0, 0.1) is 0 Å². The van der Waals surface area contributed by atoms with Gasteiger partial charge in [0, 0.05) is 18.9 Å². The third-order valence-electron chi connectivity index (χ3n) is 3.08. The van der Waals surface area contributed by atoms with Crippen molar-refractivity contribution in [1.82, 2.24) is 20.3 Å². The summed E-state index contributed by atoms with van der Waals surface area (Å²) in [5.74, 6) is 0.719. The molecule has 1 aromatic carbocycles. The maximum Gasteiger partial charge on any atom is 0.270 e. The molecule has 6 nitrogen and oxygen atoms in total. The van der Waals surface area contributed by atoms with Gasteiger partial charge in [-0.2, -0.15) is 0 Å². The van der Waals surface area contributed by atoms with Crippen LogP contribution in [0.2, 0.25) is 0 Å². The first kappa shape index (κ1) is 14.6. The smallest absolute Gasteiger partial charge is 0.270 e. The van der Waals surface area contributed by atoms with Crippen LogP contribution in [-0.4, -0.2) is 20.9 Å². The fourth-order valence-electron chi connectivity index (χ4n) is 1.98. The minimum Gasteiger partial charge on any atom is -0.347 e. The number of hydrogen-bond acceptors (Lipinski definition) is 5. The molecule has 0 saturated carbocycles. The van der Waals surface area contributed by atoms with Crippen LogP contribution < -0.4 is 10.6 Å². The number of amides is 1. The number of benzene rings is 1. The normalized spacial score (nSPS) is 10.1. The zero-order chi connectivity index (χ0) is 15.9. The first-order valence-corrected chi connectivity index (χ1v) is 7.14. The highest BCUT2D eigenvalue weighted by Crippen LogP contribution is 2.10. The van der Waals surface area contributed by atoms with Crippen LogP contribution in [0.4, 0.5) is 11.8 Å². The molecule has 0 bridgehead atoms. The Morgan fingerprint density at radius 3 is 2.48 bits per heavy atom. The predicted octanol–water partition coefficient (Wildman–Crippen LogP) is 2.55. The van der Waals surface area contributed by atoms with E-state index >= 15 is 0 Å². The summed E-state index contributed by atoms with van der Waals surface area (Å²) in [6, 6.07) is 16.6. The average molecular weight is 305 g/mol. The lowest BCUT2D eigenvalue weighted by atomic mass is 10.2. The van der Waals surface area contributed by atoms with E-state index in [4.69, 9.17) is 0 Å². The molecule has 0 saturated heterocycles. The summed E-state index contributed by atoms with van der Waals surface area (Å²) in [7, 11) is 0. The Morgan fingerprint density at radius 1 is 0.913 bits per heavy atom. The van der Waals surface area contributed by atoms with E-state index < -0.39 is 0 Å². The molecule has 1 amide bonds. The molecule has 0 radical (unpaired) electrons. The summed E-state index contributed by atoms with van der Waals surface area (Å²) >= 11 is 0. The number of carbonyl (C=O) groups excluding carboxylic acids is 1. The SMILES string of the molecule is O=C(NCc1ccccc1)c1cccc(Nc2ncccn2)n1. The van der Waals surface area contributed by atoms with Crippen molar-refractivity contribution >= 4 is 17.7 Å². The van der Waals surface area contributed by atoms with E-state index in [0.29, 0.717) is 24.0 Å². The topological polar surface area (TPSA) is 79.8 Å². The molecule has 2 N–H and O–H groups in total. The standard InChI is InChI=1S/C17H15N5O/c23-16(20-12-13-6-2-1-3-7-13)14-8-4-9-15(21-14)22-17-18-10-5-11-19-17/h1-11H,12H2,(H,20,23)(H,18,19,21,22). The summed E-state index contributed by atoms with van der Waals surface area (Å²) in [5.41, 5.74) is 1.37. The van der Waals surface area contributed by atoms with Crippen LogP contribution in [0.25, 0.3) is 0 Å². The first-order chi connectivity index (χ1) is 11.3. The Balaban J connectivity index is 1.65. The molecule has 2 aromatic heterocycles. The average Bonchev–Trinajstić information content (AvgIpc) is 2.62. The molecule has 6 heteroatoms. The van der Waals surface area contributed by atoms with Crippen molar-refractivity contribution in [3.8, 4) is 0 Å². The van der Waals surface area contributed by atoms with E-state index in [1.807, 2.05) is 30.3 Å². The number of aromatic nitrogens is 3. The van der Waals surface area contributed by atoms with E-state index in [-0.39, 0.29) is 5.91 Å². The number of rotatable bonds is 5. The van der Waals surface area contributed by atoms with Gasteiger partial charge >= 0.3 is 0 Å². The molecular weight excluding hydrogens is 290 g/mol. The van der Waals surface area contributed by atoms with Crippen LogP contribution in [0.15, 0.2) is 67.0 Å². The van der Waals surface area contributed by atoms with Gasteiger partial charge in [-0.15, -0.1) is 0 Å². The van der Waals surface area contributed by atoms with Crippen LogP contribution >= 0.6 is 0 Å². The first-order valence-electron chi connectivity index (χ1n) is 7.14. The Hall–Kier alpha value is -3.28. The molecule has 0 aliphatic carbocycles. The highest BCUT2D eigenvalue weighted by atomic mass is 16.1. The van der Waals surface area contributed by atoms with E-state index in [9.17, 15) is 4.79 Å². The van der Waals surface area contributed by atoms with Gasteiger partial charge in [-0.25, -0.2) is 15.0 Å². The molecule has 0 unspecified atom stereocenters. The van der Waals surface area contributed by atoms with Crippen LogP contribution in [0.5, 0.6) is 0 Å². The summed E-state index contributed by atoms with van der Waals surface area (Å²) in [6.07, 6.45) is 3.26. The highest BCUT2D eigenvalue weighted by molar-refractivity contribution is 5.92. The quantitative estimate of drug-likeness (QED) is 0.757. The molecule has 3 rings (SSSR count). The van der Waals surface area contributed by atoms with Gasteiger partial charge in [0.1, 0.15) is 11.5 Å². The highest BCUT2D eigenvalue weighted by Gasteiger charge is 2.08. The van der Waals surface area contributed by atoms with Gasteiger partial charge in [0.2, 0.25) is 5.95 Å². The number of carbonyl (C=O) groups is 1. The van der Waals surface area contributed by atoms with Gasteiger partial charge in [0.05, 0.1) is 0 Å². The van der Waals surface area contributed by atoms with Crippen LogP contribution in [0.1, 0.15) is 16.1 Å². The number of anilines is 2. The monoisotopic (exact) mass is 305 g/mol. The molecule has 23 heavy (non-hydrogen) atoms. The van der Waals surface area contributed by atoms with Crippen LogP contribution in [0.3, 0.4) is 0 Å². The lowest BCUT2D eigenvalue weighted by molar-refractivity contribution is 0.0946. The van der Waals surface area contributed by atoms with Gasteiger partial charge in [-0.3, -0.25) is 4.79 Å². The predicted molar refractivity (Wildman–Crippen MR) is 87.2 cm³/mol. The van der Waals surface area contributed by atoms with Gasteiger partial charge in [0.15, 0.2) is 0 Å². The molecule has 114 valence electrons. The van der Waals surface area contributed by atoms with Crippen molar-refractivity contribution in [2.75, 3.05) is 5.32 Å². The summed E-state index contributed by atoms with van der Waals surface area (Å²) < 4.78 is 0. The van der Waals surface area contributed by atoms with Crippen molar-refractivity contribution in [2.45, 2.75) is 6.54 Å². The number of nitrogens with one attached hydrogen (secondary N) is 2. The minimum absolute atomic E-state index is 0.230. The maximum absolute atomic E-state index is 12.2. The van der Waals surface area contributed by atoms with Gasteiger partial charge in [-0.05, 0) is 23.8 Å². The third kappa shape index (κ3) is 4.10. The van der Waals surface area contributed by atoms with Gasteiger partial charge in [-0.1, -0.05) is 36.4 Å². The van der Waals surface area contributed by atoms with Gasteiger partial charge in [0.25, 0.3) is 5.91 Å². The fourth-order valence-corrected chi connectivity index (χ4v) is 1.98. The maximum atomic E-state index is 12.2. The van der Waals surface area contributed by atoms with Gasteiger partial charge < -0.3 is 10.6 Å². The van der Waals surface area contributed by atoms with E-state index in [1.54, 1.807) is 36.7 Å². The van der Waals surface area contributed by atoms with Crippen molar-refractivity contribution in [2.24, 2.45) is 0 Å². The second-order valence-corrected chi connectivity index (χ2v) is 4.77. The zero-order valence-electron chi connectivity index (χ0n) is 12.3. The minimum atomic E-state index is -0.230. The lowest BCUT2D eigenvalue weighted by Gasteiger charge is -2.07. The lowest BCUT2D eigenvalue weighted by Crippen LogP contribution is -2.23. The van der Waals surface area contributed by atoms with Crippen LogP contribution in [-0.2, 0) is 6.54 Å². The third-order valence-corrected chi connectivity index (χ3v) is 3.08. The van der Waals surface area contributed by atoms with Crippen molar-refractivity contribution in [3.63, 3.8) is 0 Å². The fraction of sp³-hybridized carbons (Fsp3) is 0.0588. The summed E-state index contributed by atoms with van der Waals surface area (Å²) in [4.78, 5) is 24.6. The molecule has 2 heterocycles. The Bertz CT molecular complexity index is 777. The molecule has 3 aromatic rings. The van der Waals surface area contributed by atoms with E-state index in [0.717, 1.165) is 5.56 Å². The number of pyridine rings is 1. The largest absolute Gasteiger partial charge is 0.347 e. The zero-order valence-corrected chi connectivity index (χ0v) is 12.3. The van der Waals surface area contributed by atoms with E-state index in [2.05, 4.69) is 25.6 Å². The second-order valence-electron chi connectivity index (χ2n) is 4.77. The number of nitrogens with zero attached hydrogens (tertiary/aromatic N) is 3. The Kier molecular flexibility index (Phi) is 4.54. The van der Waals surface area contributed by atoms with Crippen molar-refractivity contribution in [3.05, 3.63) is 78.2 Å². The molecule has 0 fully saturated rings.